The molecule has 1 N–H and O–H groups in total. The zero-order chi connectivity index (χ0) is 25.6. The monoisotopic (exact) mass is 501 g/mol. The molecule has 0 bridgehead atoms. The summed E-state index contributed by atoms with van der Waals surface area (Å²) in [5, 5.41) is 3.06. The molecule has 0 radical (unpaired) electrons. The predicted octanol–water partition coefficient (Wildman–Crippen LogP) is 3.25. The number of aryl methyl sites for hydroxylation is 1. The molecule has 1 aliphatic carbocycles. The van der Waals surface area contributed by atoms with Crippen LogP contribution < -0.4 is 14.4 Å². The third kappa shape index (κ3) is 7.21. The molecule has 1 atom stereocenters. The SMILES string of the molecule is COc1ccc(N(CC(=O)N(Cc2cccc(C)c2)[C@H](C)C(=O)NC2CCCC2)S(C)(=O)=O)cc1. The van der Waals surface area contributed by atoms with E-state index in [4.69, 9.17) is 4.74 Å². The van der Waals surface area contributed by atoms with E-state index in [9.17, 15) is 18.0 Å². The number of benzene rings is 2. The van der Waals surface area contributed by atoms with E-state index in [1.165, 1.54) is 12.0 Å². The summed E-state index contributed by atoms with van der Waals surface area (Å²) < 4.78 is 31.5. The number of ether oxygens (including phenoxy) is 1. The minimum atomic E-state index is -3.77. The fourth-order valence-electron chi connectivity index (χ4n) is 4.34. The largest absolute Gasteiger partial charge is 0.497 e. The van der Waals surface area contributed by atoms with E-state index in [1.54, 1.807) is 31.2 Å². The molecule has 3 rings (SSSR count). The van der Waals surface area contributed by atoms with Crippen LogP contribution in [0.2, 0.25) is 0 Å². The first-order valence-corrected chi connectivity index (χ1v) is 13.7. The predicted molar refractivity (Wildman–Crippen MR) is 137 cm³/mol. The van der Waals surface area contributed by atoms with Crippen molar-refractivity contribution >= 4 is 27.5 Å². The van der Waals surface area contributed by atoms with Crippen LogP contribution in [0.5, 0.6) is 5.75 Å². The summed E-state index contributed by atoms with van der Waals surface area (Å²) in [6.45, 7) is 3.43. The molecule has 0 aliphatic heterocycles. The highest BCUT2D eigenvalue weighted by molar-refractivity contribution is 7.92. The quantitative estimate of drug-likeness (QED) is 0.539. The summed E-state index contributed by atoms with van der Waals surface area (Å²) in [4.78, 5) is 28.1. The van der Waals surface area contributed by atoms with Crippen molar-refractivity contribution in [1.82, 2.24) is 10.2 Å². The van der Waals surface area contributed by atoms with Crippen molar-refractivity contribution in [2.45, 2.75) is 58.2 Å². The Labute approximate surface area is 208 Å². The smallest absolute Gasteiger partial charge is 0.244 e. The lowest BCUT2D eigenvalue weighted by Crippen LogP contribution is -2.52. The number of carbonyl (C=O) groups excluding carboxylic acids is 2. The Bertz CT molecular complexity index is 1130. The zero-order valence-electron chi connectivity index (χ0n) is 20.9. The molecular weight excluding hydrogens is 466 g/mol. The molecule has 2 amide bonds. The molecule has 1 aliphatic rings. The van der Waals surface area contributed by atoms with Crippen LogP contribution in [0.15, 0.2) is 48.5 Å². The van der Waals surface area contributed by atoms with Crippen LogP contribution in [0, 0.1) is 6.92 Å². The number of rotatable bonds is 10. The summed E-state index contributed by atoms with van der Waals surface area (Å²) in [5.41, 5.74) is 2.25. The van der Waals surface area contributed by atoms with E-state index in [2.05, 4.69) is 5.32 Å². The first-order valence-electron chi connectivity index (χ1n) is 11.9. The molecular formula is C26H35N3O5S. The lowest BCUT2D eigenvalue weighted by molar-refractivity contribution is -0.139. The Balaban J connectivity index is 1.87. The standard InChI is InChI=1S/C26H35N3O5S/c1-19-8-7-9-21(16-19)17-28(20(2)26(31)27-22-10-5-6-11-22)25(30)18-29(35(4,32)33)23-12-14-24(34-3)15-13-23/h7-9,12-16,20,22H,5-6,10-11,17-18H2,1-4H3,(H,27,31)/t20-/m1/s1. The van der Waals surface area contributed by atoms with Gasteiger partial charge in [0.05, 0.1) is 19.1 Å². The van der Waals surface area contributed by atoms with E-state index < -0.39 is 28.5 Å². The number of nitrogens with zero attached hydrogens (tertiary/aromatic N) is 2. The maximum absolute atomic E-state index is 13.6. The zero-order valence-corrected chi connectivity index (χ0v) is 21.7. The Morgan fingerprint density at radius 2 is 1.77 bits per heavy atom. The van der Waals surface area contributed by atoms with Gasteiger partial charge in [0.2, 0.25) is 21.8 Å². The topological polar surface area (TPSA) is 96.0 Å². The Morgan fingerprint density at radius 3 is 2.34 bits per heavy atom. The van der Waals surface area contributed by atoms with Gasteiger partial charge < -0.3 is 15.0 Å². The van der Waals surface area contributed by atoms with Gasteiger partial charge in [-0.05, 0) is 56.5 Å². The number of methoxy groups -OCH3 is 1. The number of anilines is 1. The van der Waals surface area contributed by atoms with E-state index in [0.717, 1.165) is 47.4 Å². The summed E-state index contributed by atoms with van der Waals surface area (Å²) in [6, 6.07) is 13.5. The number of amides is 2. The van der Waals surface area contributed by atoms with E-state index >= 15 is 0 Å². The van der Waals surface area contributed by atoms with E-state index in [1.807, 2.05) is 31.2 Å². The van der Waals surface area contributed by atoms with Crippen LogP contribution in [-0.4, -0.2) is 57.1 Å². The summed E-state index contributed by atoms with van der Waals surface area (Å²) in [6.07, 6.45) is 5.09. The molecule has 35 heavy (non-hydrogen) atoms. The van der Waals surface area contributed by atoms with Crippen LogP contribution >= 0.6 is 0 Å². The van der Waals surface area contributed by atoms with Gasteiger partial charge in [0.15, 0.2) is 0 Å². The third-order valence-corrected chi connectivity index (χ3v) is 7.48. The Kier molecular flexibility index (Phi) is 8.77. The van der Waals surface area contributed by atoms with Crippen molar-refractivity contribution in [3.8, 4) is 5.75 Å². The Hall–Kier alpha value is -3.07. The normalized spacial score (nSPS) is 14.9. The molecule has 9 heteroatoms. The lowest BCUT2D eigenvalue weighted by atomic mass is 10.1. The average molecular weight is 502 g/mol. The van der Waals surface area contributed by atoms with E-state index in [-0.39, 0.29) is 18.5 Å². The van der Waals surface area contributed by atoms with Gasteiger partial charge in [0, 0.05) is 12.6 Å². The molecule has 1 fully saturated rings. The second-order valence-electron chi connectivity index (χ2n) is 9.14. The number of sulfonamides is 1. The minimum Gasteiger partial charge on any atom is -0.497 e. The molecule has 1 saturated carbocycles. The van der Waals surface area contributed by atoms with Gasteiger partial charge in [-0.2, -0.15) is 0 Å². The number of hydrogen-bond donors (Lipinski definition) is 1. The summed E-state index contributed by atoms with van der Waals surface area (Å²) in [5.74, 6) is -0.109. The van der Waals surface area contributed by atoms with Crippen LogP contribution in [0.4, 0.5) is 5.69 Å². The second kappa shape index (κ2) is 11.6. The number of hydrogen-bond acceptors (Lipinski definition) is 5. The summed E-state index contributed by atoms with van der Waals surface area (Å²) >= 11 is 0. The van der Waals surface area contributed by atoms with Gasteiger partial charge in [-0.1, -0.05) is 42.7 Å². The number of carbonyl (C=O) groups is 2. The first kappa shape index (κ1) is 26.5. The molecule has 190 valence electrons. The van der Waals surface area contributed by atoms with Crippen molar-refractivity contribution < 1.29 is 22.7 Å². The van der Waals surface area contributed by atoms with Gasteiger partial charge in [-0.15, -0.1) is 0 Å². The van der Waals surface area contributed by atoms with Crippen molar-refractivity contribution in [2.24, 2.45) is 0 Å². The molecule has 0 saturated heterocycles. The maximum atomic E-state index is 13.6. The van der Waals surface area contributed by atoms with Crippen LogP contribution in [0.1, 0.15) is 43.7 Å². The fourth-order valence-corrected chi connectivity index (χ4v) is 5.19. The maximum Gasteiger partial charge on any atom is 0.244 e. The van der Waals surface area contributed by atoms with Crippen LogP contribution in [0.25, 0.3) is 0 Å². The summed E-state index contributed by atoms with van der Waals surface area (Å²) in [7, 11) is -2.24. The molecule has 0 unspecified atom stereocenters. The highest BCUT2D eigenvalue weighted by atomic mass is 32.2. The van der Waals surface area contributed by atoms with Crippen molar-refractivity contribution in [1.29, 1.82) is 0 Å². The van der Waals surface area contributed by atoms with Crippen LogP contribution in [0.3, 0.4) is 0 Å². The van der Waals surface area contributed by atoms with Gasteiger partial charge >= 0.3 is 0 Å². The van der Waals surface area contributed by atoms with Gasteiger partial charge in [-0.3, -0.25) is 13.9 Å². The second-order valence-corrected chi connectivity index (χ2v) is 11.1. The molecule has 0 spiro atoms. The van der Waals surface area contributed by atoms with Gasteiger partial charge in [-0.25, -0.2) is 8.42 Å². The lowest BCUT2D eigenvalue weighted by Gasteiger charge is -2.32. The van der Waals surface area contributed by atoms with Crippen molar-refractivity contribution in [3.05, 3.63) is 59.7 Å². The average Bonchev–Trinajstić information content (AvgIpc) is 3.33. The fraction of sp³-hybridized carbons (Fsp3) is 0.462. The molecule has 0 heterocycles. The minimum absolute atomic E-state index is 0.118. The molecule has 2 aromatic rings. The Morgan fingerprint density at radius 1 is 1.11 bits per heavy atom. The van der Waals surface area contributed by atoms with Crippen LogP contribution in [-0.2, 0) is 26.2 Å². The highest BCUT2D eigenvalue weighted by Crippen LogP contribution is 2.23. The van der Waals surface area contributed by atoms with Gasteiger partial charge in [0.25, 0.3) is 0 Å². The molecule has 0 aromatic heterocycles. The third-order valence-electron chi connectivity index (χ3n) is 6.34. The van der Waals surface area contributed by atoms with Crippen molar-refractivity contribution in [2.75, 3.05) is 24.2 Å². The first-order chi connectivity index (χ1) is 16.6. The highest BCUT2D eigenvalue weighted by Gasteiger charge is 2.31. The van der Waals surface area contributed by atoms with Crippen molar-refractivity contribution in [3.63, 3.8) is 0 Å². The van der Waals surface area contributed by atoms with Gasteiger partial charge in [0.1, 0.15) is 18.3 Å². The van der Waals surface area contributed by atoms with E-state index in [0.29, 0.717) is 11.4 Å². The molecule has 8 nitrogen and oxygen atoms in total. The number of nitrogens with one attached hydrogen (secondary N) is 1. The molecule has 2 aromatic carbocycles.